The van der Waals surface area contributed by atoms with Gasteiger partial charge in [-0.05, 0) is 12.0 Å². The van der Waals surface area contributed by atoms with Crippen molar-refractivity contribution in [2.24, 2.45) is 0 Å². The molecule has 0 spiro atoms. The van der Waals surface area contributed by atoms with Crippen LogP contribution in [0.4, 0.5) is 0 Å². The van der Waals surface area contributed by atoms with Crippen molar-refractivity contribution < 1.29 is 9.90 Å². The Bertz CT molecular complexity index is 393. The third-order valence-corrected chi connectivity index (χ3v) is 2.35. The Balaban J connectivity index is 3.16. The van der Waals surface area contributed by atoms with Gasteiger partial charge in [-0.1, -0.05) is 48.0 Å². The van der Waals surface area contributed by atoms with E-state index in [1.165, 1.54) is 6.08 Å². The lowest BCUT2D eigenvalue weighted by molar-refractivity contribution is -0.132. The SMILES string of the molecule is C=CC/C(C(=O)O)=C(/Cl)c1ccccc1. The third kappa shape index (κ3) is 2.96. The van der Waals surface area contributed by atoms with Crippen molar-refractivity contribution in [3.63, 3.8) is 0 Å². The van der Waals surface area contributed by atoms with E-state index in [4.69, 9.17) is 16.7 Å². The Labute approximate surface area is 93.5 Å². The molecular formula is C12H11ClO2. The molecule has 0 unspecified atom stereocenters. The van der Waals surface area contributed by atoms with Gasteiger partial charge in [0.25, 0.3) is 0 Å². The highest BCUT2D eigenvalue weighted by Crippen LogP contribution is 2.25. The molecule has 1 rings (SSSR count). The monoisotopic (exact) mass is 222 g/mol. The number of aliphatic carboxylic acids is 1. The van der Waals surface area contributed by atoms with E-state index in [1.54, 1.807) is 12.1 Å². The molecule has 0 aromatic heterocycles. The predicted molar refractivity (Wildman–Crippen MR) is 61.7 cm³/mol. The number of carboxylic acid groups (broad SMARTS) is 1. The summed E-state index contributed by atoms with van der Waals surface area (Å²) >= 11 is 6.00. The molecule has 0 aliphatic rings. The Morgan fingerprint density at radius 1 is 1.40 bits per heavy atom. The molecule has 0 radical (unpaired) electrons. The highest BCUT2D eigenvalue weighted by molar-refractivity contribution is 6.50. The molecule has 1 N–H and O–H groups in total. The molecule has 1 aromatic rings. The quantitative estimate of drug-likeness (QED) is 0.627. The third-order valence-electron chi connectivity index (χ3n) is 1.90. The fraction of sp³-hybridized carbons (Fsp3) is 0.0833. The van der Waals surface area contributed by atoms with E-state index in [-0.39, 0.29) is 17.0 Å². The maximum Gasteiger partial charge on any atom is 0.333 e. The molecule has 0 saturated heterocycles. The predicted octanol–water partition coefficient (Wildman–Crippen LogP) is 3.30. The van der Waals surface area contributed by atoms with E-state index in [9.17, 15) is 4.79 Å². The van der Waals surface area contributed by atoms with Crippen molar-refractivity contribution in [2.75, 3.05) is 0 Å². The Kier molecular flexibility index (Phi) is 4.13. The molecule has 2 nitrogen and oxygen atoms in total. The van der Waals surface area contributed by atoms with Crippen molar-refractivity contribution in [1.82, 2.24) is 0 Å². The van der Waals surface area contributed by atoms with E-state index in [1.807, 2.05) is 18.2 Å². The fourth-order valence-corrected chi connectivity index (χ4v) is 1.46. The lowest BCUT2D eigenvalue weighted by Gasteiger charge is -2.04. The summed E-state index contributed by atoms with van der Waals surface area (Å²) in [6.07, 6.45) is 1.78. The van der Waals surface area contributed by atoms with Gasteiger partial charge in [-0.25, -0.2) is 4.79 Å². The maximum absolute atomic E-state index is 10.9. The zero-order chi connectivity index (χ0) is 11.3. The normalized spacial score (nSPS) is 11.8. The van der Waals surface area contributed by atoms with E-state index in [0.29, 0.717) is 5.56 Å². The van der Waals surface area contributed by atoms with Crippen molar-refractivity contribution in [3.05, 3.63) is 54.1 Å². The van der Waals surface area contributed by atoms with Crippen molar-refractivity contribution in [2.45, 2.75) is 6.42 Å². The number of benzene rings is 1. The van der Waals surface area contributed by atoms with Gasteiger partial charge < -0.3 is 5.11 Å². The maximum atomic E-state index is 10.9. The van der Waals surface area contributed by atoms with Gasteiger partial charge in [0.1, 0.15) is 0 Å². The van der Waals surface area contributed by atoms with Gasteiger partial charge in [0.15, 0.2) is 0 Å². The number of hydrogen-bond donors (Lipinski definition) is 1. The molecule has 0 amide bonds. The zero-order valence-electron chi connectivity index (χ0n) is 8.11. The molecule has 15 heavy (non-hydrogen) atoms. The van der Waals surface area contributed by atoms with Crippen LogP contribution in [0.3, 0.4) is 0 Å². The van der Waals surface area contributed by atoms with Crippen molar-refractivity contribution in [3.8, 4) is 0 Å². The zero-order valence-corrected chi connectivity index (χ0v) is 8.87. The van der Waals surface area contributed by atoms with E-state index < -0.39 is 5.97 Å². The van der Waals surface area contributed by atoms with Crippen LogP contribution in [0.25, 0.3) is 5.03 Å². The smallest absolute Gasteiger partial charge is 0.333 e. The number of rotatable bonds is 4. The van der Waals surface area contributed by atoms with Crippen LogP contribution in [0.5, 0.6) is 0 Å². The lowest BCUT2D eigenvalue weighted by Crippen LogP contribution is -2.01. The summed E-state index contributed by atoms with van der Waals surface area (Å²) in [4.78, 5) is 10.9. The van der Waals surface area contributed by atoms with Crippen LogP contribution in [0.15, 0.2) is 48.6 Å². The van der Waals surface area contributed by atoms with Crippen LogP contribution in [-0.4, -0.2) is 11.1 Å². The summed E-state index contributed by atoms with van der Waals surface area (Å²) in [6, 6.07) is 9.01. The minimum atomic E-state index is -1.01. The highest BCUT2D eigenvalue weighted by Gasteiger charge is 2.12. The second-order valence-electron chi connectivity index (χ2n) is 2.96. The first-order valence-electron chi connectivity index (χ1n) is 4.45. The Morgan fingerprint density at radius 3 is 2.47 bits per heavy atom. The molecule has 78 valence electrons. The van der Waals surface area contributed by atoms with Gasteiger partial charge in [0, 0.05) is 0 Å². The molecule has 0 bridgehead atoms. The largest absolute Gasteiger partial charge is 0.478 e. The van der Waals surface area contributed by atoms with Crippen molar-refractivity contribution >= 4 is 22.6 Å². The average Bonchev–Trinajstić information content (AvgIpc) is 2.26. The van der Waals surface area contributed by atoms with Gasteiger partial charge in [-0.3, -0.25) is 0 Å². The number of halogens is 1. The molecule has 0 atom stereocenters. The first-order chi connectivity index (χ1) is 7.16. The second-order valence-corrected chi connectivity index (χ2v) is 3.33. The summed E-state index contributed by atoms with van der Waals surface area (Å²) in [5, 5.41) is 9.21. The van der Waals surface area contributed by atoms with Crippen LogP contribution in [0.1, 0.15) is 12.0 Å². The minimum Gasteiger partial charge on any atom is -0.478 e. The van der Waals surface area contributed by atoms with E-state index in [0.717, 1.165) is 0 Å². The molecule has 0 aliphatic carbocycles. The van der Waals surface area contributed by atoms with Gasteiger partial charge in [0.2, 0.25) is 0 Å². The van der Waals surface area contributed by atoms with Crippen LogP contribution in [0, 0.1) is 0 Å². The molecular weight excluding hydrogens is 212 g/mol. The minimum absolute atomic E-state index is 0.165. The number of carbonyl (C=O) groups is 1. The first kappa shape index (κ1) is 11.5. The van der Waals surface area contributed by atoms with Gasteiger partial charge in [0.05, 0.1) is 10.6 Å². The molecule has 1 aromatic carbocycles. The van der Waals surface area contributed by atoms with Gasteiger partial charge >= 0.3 is 5.97 Å². The fourth-order valence-electron chi connectivity index (χ4n) is 1.17. The average molecular weight is 223 g/mol. The van der Waals surface area contributed by atoms with Crippen LogP contribution >= 0.6 is 11.6 Å². The van der Waals surface area contributed by atoms with Gasteiger partial charge in [-0.2, -0.15) is 0 Å². The molecule has 0 aliphatic heterocycles. The molecule has 3 heteroatoms. The van der Waals surface area contributed by atoms with Crippen LogP contribution in [0.2, 0.25) is 0 Å². The summed E-state index contributed by atoms with van der Waals surface area (Å²) in [5.41, 5.74) is 0.872. The lowest BCUT2D eigenvalue weighted by atomic mass is 10.1. The molecule has 0 fully saturated rings. The Morgan fingerprint density at radius 2 is 2.00 bits per heavy atom. The van der Waals surface area contributed by atoms with Gasteiger partial charge in [-0.15, -0.1) is 6.58 Å². The second kappa shape index (κ2) is 5.37. The number of allylic oxidation sites excluding steroid dienone is 1. The molecule has 0 heterocycles. The van der Waals surface area contributed by atoms with E-state index >= 15 is 0 Å². The van der Waals surface area contributed by atoms with Crippen molar-refractivity contribution in [1.29, 1.82) is 0 Å². The van der Waals surface area contributed by atoms with Crippen LogP contribution < -0.4 is 0 Å². The summed E-state index contributed by atoms with van der Waals surface area (Å²) in [5.74, 6) is -1.01. The summed E-state index contributed by atoms with van der Waals surface area (Å²) in [7, 11) is 0. The number of hydrogen-bond acceptors (Lipinski definition) is 1. The first-order valence-corrected chi connectivity index (χ1v) is 4.83. The topological polar surface area (TPSA) is 37.3 Å². The standard InChI is InChI=1S/C12H11ClO2/c1-2-6-10(12(14)15)11(13)9-7-4-3-5-8-9/h2-5,7-8H,1,6H2,(H,14,15)/b11-10-. The summed E-state index contributed by atoms with van der Waals surface area (Å²) < 4.78 is 0. The van der Waals surface area contributed by atoms with E-state index in [2.05, 4.69) is 6.58 Å². The highest BCUT2D eigenvalue weighted by atomic mass is 35.5. The summed E-state index contributed by atoms with van der Waals surface area (Å²) in [6.45, 7) is 3.50. The number of carboxylic acids is 1. The Hall–Kier alpha value is -1.54. The molecule has 0 saturated carbocycles. The van der Waals surface area contributed by atoms with Crippen LogP contribution in [-0.2, 0) is 4.79 Å².